The van der Waals surface area contributed by atoms with Crippen molar-refractivity contribution in [3.8, 4) is 11.6 Å². The first kappa shape index (κ1) is 15.2. The third kappa shape index (κ3) is 3.29. The average Bonchev–Trinajstić information content (AvgIpc) is 2.38. The molecule has 0 atom stereocenters. The first-order chi connectivity index (χ1) is 9.68. The maximum absolute atomic E-state index is 13.3. The van der Waals surface area contributed by atoms with E-state index < -0.39 is 0 Å². The van der Waals surface area contributed by atoms with Gasteiger partial charge in [-0.3, -0.25) is 0 Å². The van der Waals surface area contributed by atoms with E-state index in [0.717, 1.165) is 0 Å². The van der Waals surface area contributed by atoms with Gasteiger partial charge in [-0.1, -0.05) is 20.8 Å². The van der Waals surface area contributed by atoms with Gasteiger partial charge in [0.1, 0.15) is 23.2 Å². The van der Waals surface area contributed by atoms with Gasteiger partial charge in [0.15, 0.2) is 0 Å². The molecule has 2 N–H and O–H groups in total. The van der Waals surface area contributed by atoms with Gasteiger partial charge in [-0.2, -0.15) is 4.98 Å². The molecule has 0 aliphatic carbocycles. The zero-order valence-electron chi connectivity index (χ0n) is 13.0. The summed E-state index contributed by atoms with van der Waals surface area (Å²) in [5, 5.41) is 0. The van der Waals surface area contributed by atoms with Gasteiger partial charge < -0.3 is 10.5 Å². The summed E-state index contributed by atoms with van der Waals surface area (Å²) in [4.78, 5) is 8.75. The Hall–Kier alpha value is -2.17. The van der Waals surface area contributed by atoms with Crippen LogP contribution in [0.1, 0.15) is 37.7 Å². The van der Waals surface area contributed by atoms with E-state index in [0.29, 0.717) is 34.4 Å². The number of rotatable bonds is 2. The highest BCUT2D eigenvalue weighted by Gasteiger charge is 2.21. The smallest absolute Gasteiger partial charge is 0.227 e. The fourth-order valence-corrected chi connectivity index (χ4v) is 1.74. The summed E-state index contributed by atoms with van der Waals surface area (Å²) in [5.41, 5.74) is 6.89. The van der Waals surface area contributed by atoms with Crippen LogP contribution in [0.5, 0.6) is 11.6 Å². The molecule has 0 fully saturated rings. The zero-order chi connectivity index (χ0) is 15.8. The van der Waals surface area contributed by atoms with Crippen molar-refractivity contribution >= 4 is 5.82 Å². The largest absolute Gasteiger partial charge is 0.439 e. The first-order valence-electron chi connectivity index (χ1n) is 6.77. The lowest BCUT2D eigenvalue weighted by Gasteiger charge is -2.19. The number of anilines is 1. The summed E-state index contributed by atoms with van der Waals surface area (Å²) in [7, 11) is 0. The van der Waals surface area contributed by atoms with Gasteiger partial charge in [-0.25, -0.2) is 9.37 Å². The van der Waals surface area contributed by atoms with Crippen LogP contribution in [0.4, 0.5) is 10.2 Å². The number of halogens is 1. The van der Waals surface area contributed by atoms with Crippen LogP contribution in [0.2, 0.25) is 0 Å². The molecule has 1 aromatic carbocycles. The molecule has 1 heterocycles. The number of nitrogens with two attached hydrogens (primary N) is 1. The highest BCUT2D eigenvalue weighted by atomic mass is 19.1. The minimum absolute atomic E-state index is 0.237. The highest BCUT2D eigenvalue weighted by molar-refractivity contribution is 5.46. The van der Waals surface area contributed by atoms with Crippen LogP contribution in [0.15, 0.2) is 18.2 Å². The molecule has 5 heteroatoms. The number of nitrogen functional groups attached to an aromatic ring is 1. The third-order valence-corrected chi connectivity index (χ3v) is 3.15. The fourth-order valence-electron chi connectivity index (χ4n) is 1.74. The number of aromatic nitrogens is 2. The molecule has 21 heavy (non-hydrogen) atoms. The molecule has 2 aromatic rings. The Morgan fingerprint density at radius 1 is 1.14 bits per heavy atom. The maximum Gasteiger partial charge on any atom is 0.227 e. The van der Waals surface area contributed by atoms with Crippen LogP contribution in [0.3, 0.4) is 0 Å². The van der Waals surface area contributed by atoms with E-state index in [1.165, 1.54) is 6.07 Å². The summed E-state index contributed by atoms with van der Waals surface area (Å²) in [6, 6.07) is 4.57. The molecule has 0 amide bonds. The molecule has 4 nitrogen and oxygen atoms in total. The lowest BCUT2D eigenvalue weighted by Crippen LogP contribution is -2.18. The number of nitrogens with zero attached hydrogens (tertiary/aromatic N) is 2. The van der Waals surface area contributed by atoms with Gasteiger partial charge in [0.05, 0.1) is 5.56 Å². The van der Waals surface area contributed by atoms with Gasteiger partial charge in [0, 0.05) is 5.41 Å². The van der Waals surface area contributed by atoms with E-state index >= 15 is 0 Å². The molecule has 0 saturated carbocycles. The molecular formula is C16H20FN3O. The van der Waals surface area contributed by atoms with Crippen molar-refractivity contribution < 1.29 is 9.13 Å². The molecule has 0 saturated heterocycles. The predicted molar refractivity (Wildman–Crippen MR) is 81.1 cm³/mol. The molecule has 0 aliphatic heterocycles. The second-order valence-corrected chi connectivity index (χ2v) is 6.13. The molecule has 0 aliphatic rings. The Kier molecular flexibility index (Phi) is 3.85. The molecule has 0 radical (unpaired) electrons. The standard InChI is InChI=1S/C16H20FN3O/c1-9-8-11(6-7-12(9)17)21-14-10(2)13(18)19-15(20-14)16(3,4)5/h6-8H,1-5H3,(H2,18,19,20). The fraction of sp³-hybridized carbons (Fsp3) is 0.375. The average molecular weight is 289 g/mol. The quantitative estimate of drug-likeness (QED) is 0.910. The lowest BCUT2D eigenvalue weighted by atomic mass is 9.95. The van der Waals surface area contributed by atoms with Crippen LogP contribution in [-0.2, 0) is 5.41 Å². The zero-order valence-corrected chi connectivity index (χ0v) is 13.0. The molecule has 0 spiro atoms. The van der Waals surface area contributed by atoms with Crippen LogP contribution >= 0.6 is 0 Å². The van der Waals surface area contributed by atoms with Crippen LogP contribution in [0, 0.1) is 19.7 Å². The molecule has 0 unspecified atom stereocenters. The lowest BCUT2D eigenvalue weighted by molar-refractivity contribution is 0.441. The second-order valence-electron chi connectivity index (χ2n) is 6.13. The van der Waals surface area contributed by atoms with Crippen molar-refractivity contribution in [1.82, 2.24) is 9.97 Å². The molecule has 112 valence electrons. The van der Waals surface area contributed by atoms with Gasteiger partial charge >= 0.3 is 0 Å². The summed E-state index contributed by atoms with van der Waals surface area (Å²) in [5.74, 6) is 1.66. The van der Waals surface area contributed by atoms with Crippen LogP contribution in [-0.4, -0.2) is 9.97 Å². The van der Waals surface area contributed by atoms with Gasteiger partial charge in [0.25, 0.3) is 0 Å². The molecule has 1 aromatic heterocycles. The Balaban J connectivity index is 2.43. The van der Waals surface area contributed by atoms with Gasteiger partial charge in [-0.15, -0.1) is 0 Å². The Labute approximate surface area is 124 Å². The third-order valence-electron chi connectivity index (χ3n) is 3.15. The van der Waals surface area contributed by atoms with Crippen molar-refractivity contribution in [2.24, 2.45) is 0 Å². The normalized spacial score (nSPS) is 11.5. The summed E-state index contributed by atoms with van der Waals surface area (Å²) in [6.45, 7) is 9.49. The topological polar surface area (TPSA) is 61.0 Å². The maximum atomic E-state index is 13.3. The Morgan fingerprint density at radius 3 is 2.38 bits per heavy atom. The predicted octanol–water partition coefficient (Wildman–Crippen LogP) is 3.90. The highest BCUT2D eigenvalue weighted by Crippen LogP contribution is 2.30. The monoisotopic (exact) mass is 289 g/mol. The Morgan fingerprint density at radius 2 is 1.81 bits per heavy atom. The van der Waals surface area contributed by atoms with Crippen LogP contribution < -0.4 is 10.5 Å². The number of benzene rings is 1. The summed E-state index contributed by atoms with van der Waals surface area (Å²) >= 11 is 0. The Bertz CT molecular complexity index is 678. The number of ether oxygens (including phenoxy) is 1. The van der Waals surface area contributed by atoms with E-state index in [2.05, 4.69) is 9.97 Å². The van der Waals surface area contributed by atoms with E-state index in [-0.39, 0.29) is 11.2 Å². The van der Waals surface area contributed by atoms with Crippen molar-refractivity contribution in [1.29, 1.82) is 0 Å². The molecule has 0 bridgehead atoms. The minimum Gasteiger partial charge on any atom is -0.439 e. The van der Waals surface area contributed by atoms with Crippen LogP contribution in [0.25, 0.3) is 0 Å². The SMILES string of the molecule is Cc1cc(Oc2nc(C(C)(C)C)nc(N)c2C)ccc1F. The van der Waals surface area contributed by atoms with Crippen molar-refractivity contribution in [2.45, 2.75) is 40.0 Å². The van der Waals surface area contributed by atoms with E-state index in [4.69, 9.17) is 10.5 Å². The number of hydrogen-bond donors (Lipinski definition) is 1. The van der Waals surface area contributed by atoms with E-state index in [9.17, 15) is 4.39 Å². The second kappa shape index (κ2) is 5.31. The van der Waals surface area contributed by atoms with E-state index in [1.807, 2.05) is 20.8 Å². The van der Waals surface area contributed by atoms with Gasteiger partial charge in [0.2, 0.25) is 5.88 Å². The van der Waals surface area contributed by atoms with Gasteiger partial charge in [-0.05, 0) is 37.6 Å². The van der Waals surface area contributed by atoms with E-state index in [1.54, 1.807) is 26.0 Å². The van der Waals surface area contributed by atoms with Crippen molar-refractivity contribution in [3.63, 3.8) is 0 Å². The number of hydrogen-bond acceptors (Lipinski definition) is 4. The number of aryl methyl sites for hydroxylation is 1. The molecular weight excluding hydrogens is 269 g/mol. The molecule has 2 rings (SSSR count). The van der Waals surface area contributed by atoms with Crippen molar-refractivity contribution in [2.75, 3.05) is 5.73 Å². The minimum atomic E-state index is -0.267. The first-order valence-corrected chi connectivity index (χ1v) is 6.77. The summed E-state index contributed by atoms with van der Waals surface area (Å²) < 4.78 is 19.1. The van der Waals surface area contributed by atoms with Crippen molar-refractivity contribution in [3.05, 3.63) is 41.0 Å². The summed E-state index contributed by atoms with van der Waals surface area (Å²) in [6.07, 6.45) is 0.